The number of hydrogen-bond donors (Lipinski definition) is 3. The molecule has 1 atom stereocenters. The first kappa shape index (κ1) is 15.0. The van der Waals surface area contributed by atoms with Gasteiger partial charge in [-0.3, -0.25) is 4.79 Å². The van der Waals surface area contributed by atoms with E-state index in [-0.39, 0.29) is 11.9 Å². The molecule has 2 aromatic rings. The topological polar surface area (TPSA) is 82.7 Å². The molecule has 2 heterocycles. The van der Waals surface area contributed by atoms with Crippen LogP contribution in [0.1, 0.15) is 48.2 Å². The molecular weight excluding hydrogens is 266 g/mol. The third-order valence-corrected chi connectivity index (χ3v) is 3.14. The number of pyridine rings is 1. The van der Waals surface area contributed by atoms with E-state index in [1.807, 2.05) is 20.8 Å². The Morgan fingerprint density at radius 2 is 2.19 bits per heavy atom. The van der Waals surface area contributed by atoms with Gasteiger partial charge in [-0.1, -0.05) is 6.92 Å². The Bertz CT molecular complexity index is 594. The van der Waals surface area contributed by atoms with E-state index in [0.29, 0.717) is 11.4 Å². The molecule has 6 heteroatoms. The summed E-state index contributed by atoms with van der Waals surface area (Å²) in [6, 6.07) is 3.43. The van der Waals surface area contributed by atoms with E-state index in [9.17, 15) is 4.79 Å². The third kappa shape index (κ3) is 3.81. The second-order valence-corrected chi connectivity index (χ2v) is 4.82. The van der Waals surface area contributed by atoms with Crippen molar-refractivity contribution in [2.45, 2.75) is 33.2 Å². The van der Waals surface area contributed by atoms with Crippen molar-refractivity contribution >= 4 is 11.7 Å². The van der Waals surface area contributed by atoms with Gasteiger partial charge < -0.3 is 15.6 Å². The molecule has 2 rings (SSSR count). The third-order valence-electron chi connectivity index (χ3n) is 3.14. The van der Waals surface area contributed by atoms with E-state index in [0.717, 1.165) is 24.5 Å². The smallest absolute Gasteiger partial charge is 0.252 e. The van der Waals surface area contributed by atoms with Gasteiger partial charge in [-0.05, 0) is 32.4 Å². The number of hydrogen-bond acceptors (Lipinski definition) is 4. The molecule has 1 unspecified atom stereocenters. The van der Waals surface area contributed by atoms with Crippen LogP contribution in [0.3, 0.4) is 0 Å². The fourth-order valence-electron chi connectivity index (χ4n) is 2.14. The Morgan fingerprint density at radius 3 is 2.81 bits per heavy atom. The number of anilines is 1. The predicted molar refractivity (Wildman–Crippen MR) is 82.2 cm³/mol. The molecule has 0 radical (unpaired) electrons. The Morgan fingerprint density at radius 1 is 1.38 bits per heavy atom. The first-order chi connectivity index (χ1) is 10.1. The summed E-state index contributed by atoms with van der Waals surface area (Å²) in [7, 11) is 0. The molecule has 112 valence electrons. The Balaban J connectivity index is 2.15. The van der Waals surface area contributed by atoms with Gasteiger partial charge in [0.1, 0.15) is 11.6 Å². The second kappa shape index (κ2) is 6.88. The number of carbonyl (C=O) groups excluding carboxylic acids is 1. The zero-order valence-corrected chi connectivity index (χ0v) is 12.6. The highest BCUT2D eigenvalue weighted by molar-refractivity contribution is 5.95. The highest BCUT2D eigenvalue weighted by atomic mass is 16.1. The largest absolute Gasteiger partial charge is 0.370 e. The van der Waals surface area contributed by atoms with Crippen molar-refractivity contribution in [1.29, 1.82) is 0 Å². The summed E-state index contributed by atoms with van der Waals surface area (Å²) in [6.45, 7) is 6.64. The molecular formula is C15H21N5O. The van der Waals surface area contributed by atoms with Gasteiger partial charge in [0.2, 0.25) is 0 Å². The number of carbonyl (C=O) groups is 1. The molecule has 6 nitrogen and oxygen atoms in total. The average molecular weight is 287 g/mol. The number of amides is 1. The normalized spacial score (nSPS) is 12.0. The number of nitrogens with zero attached hydrogens (tertiary/aromatic N) is 2. The predicted octanol–water partition coefficient (Wildman–Crippen LogP) is 2.43. The van der Waals surface area contributed by atoms with Gasteiger partial charge in [0.25, 0.3) is 5.91 Å². The van der Waals surface area contributed by atoms with E-state index in [2.05, 4.69) is 25.6 Å². The van der Waals surface area contributed by atoms with Crippen molar-refractivity contribution < 1.29 is 4.79 Å². The Hall–Kier alpha value is -2.37. The lowest BCUT2D eigenvalue weighted by atomic mass is 10.1. The van der Waals surface area contributed by atoms with Gasteiger partial charge in [0.15, 0.2) is 0 Å². The second-order valence-electron chi connectivity index (χ2n) is 4.82. The van der Waals surface area contributed by atoms with E-state index < -0.39 is 0 Å². The molecule has 0 aliphatic carbocycles. The highest BCUT2D eigenvalue weighted by Crippen LogP contribution is 2.15. The molecule has 3 N–H and O–H groups in total. The standard InChI is InChI=1S/C15H21N5O/c1-4-12(14-17-6-7-18-14)20-15(21)11-8-10(3)19-13(9-11)16-5-2/h6-9,12H,4-5H2,1-3H3,(H,16,19)(H,17,18)(H,20,21). The summed E-state index contributed by atoms with van der Waals surface area (Å²) >= 11 is 0. The monoisotopic (exact) mass is 287 g/mol. The average Bonchev–Trinajstić information content (AvgIpc) is 2.98. The van der Waals surface area contributed by atoms with E-state index in [4.69, 9.17) is 0 Å². The fraction of sp³-hybridized carbons (Fsp3) is 0.400. The van der Waals surface area contributed by atoms with Crippen molar-refractivity contribution in [2.75, 3.05) is 11.9 Å². The first-order valence-corrected chi connectivity index (χ1v) is 7.16. The Kier molecular flexibility index (Phi) is 4.92. The molecule has 0 spiro atoms. The van der Waals surface area contributed by atoms with Gasteiger partial charge >= 0.3 is 0 Å². The van der Waals surface area contributed by atoms with E-state index >= 15 is 0 Å². The lowest BCUT2D eigenvalue weighted by Gasteiger charge is -2.15. The van der Waals surface area contributed by atoms with Crippen LogP contribution in [-0.2, 0) is 0 Å². The summed E-state index contributed by atoms with van der Waals surface area (Å²) in [5.41, 5.74) is 1.41. The SMILES string of the molecule is CCNc1cc(C(=O)NC(CC)c2ncc[nH]2)cc(C)n1. The summed E-state index contributed by atoms with van der Waals surface area (Å²) in [5.74, 6) is 1.36. The molecule has 0 bridgehead atoms. The van der Waals surface area contributed by atoms with Crippen LogP contribution in [0, 0.1) is 6.92 Å². The van der Waals surface area contributed by atoms with Crippen molar-refractivity contribution in [3.8, 4) is 0 Å². The van der Waals surface area contributed by atoms with Crippen LogP contribution in [0.2, 0.25) is 0 Å². The number of aromatic amines is 1. The summed E-state index contributed by atoms with van der Waals surface area (Å²) < 4.78 is 0. The maximum absolute atomic E-state index is 12.4. The number of nitrogens with one attached hydrogen (secondary N) is 3. The molecule has 0 saturated heterocycles. The van der Waals surface area contributed by atoms with Gasteiger partial charge in [0, 0.05) is 30.2 Å². The van der Waals surface area contributed by atoms with Crippen LogP contribution in [0.4, 0.5) is 5.82 Å². The van der Waals surface area contributed by atoms with Crippen LogP contribution >= 0.6 is 0 Å². The van der Waals surface area contributed by atoms with Crippen LogP contribution in [0.25, 0.3) is 0 Å². The van der Waals surface area contributed by atoms with Crippen LogP contribution in [0.15, 0.2) is 24.5 Å². The number of imidazole rings is 1. The van der Waals surface area contributed by atoms with E-state index in [1.54, 1.807) is 24.5 Å². The molecule has 0 aliphatic rings. The zero-order valence-electron chi connectivity index (χ0n) is 12.6. The number of aryl methyl sites for hydroxylation is 1. The number of rotatable bonds is 6. The van der Waals surface area contributed by atoms with Gasteiger partial charge in [-0.25, -0.2) is 9.97 Å². The quantitative estimate of drug-likeness (QED) is 0.762. The van der Waals surface area contributed by atoms with Crippen molar-refractivity contribution in [3.05, 3.63) is 41.6 Å². The molecule has 1 amide bonds. The van der Waals surface area contributed by atoms with Crippen LogP contribution < -0.4 is 10.6 Å². The van der Waals surface area contributed by atoms with Crippen LogP contribution in [-0.4, -0.2) is 27.4 Å². The lowest BCUT2D eigenvalue weighted by Crippen LogP contribution is -2.29. The summed E-state index contributed by atoms with van der Waals surface area (Å²) in [4.78, 5) is 24.0. The molecule has 0 saturated carbocycles. The lowest BCUT2D eigenvalue weighted by molar-refractivity contribution is 0.0933. The molecule has 21 heavy (non-hydrogen) atoms. The van der Waals surface area contributed by atoms with Crippen molar-refractivity contribution in [2.24, 2.45) is 0 Å². The minimum absolute atomic E-state index is 0.122. The molecule has 2 aromatic heterocycles. The molecule has 0 aliphatic heterocycles. The van der Waals surface area contributed by atoms with E-state index in [1.165, 1.54) is 0 Å². The molecule has 0 aromatic carbocycles. The summed E-state index contributed by atoms with van der Waals surface area (Å²) in [6.07, 6.45) is 4.21. The minimum atomic E-state index is -0.122. The van der Waals surface area contributed by atoms with Crippen molar-refractivity contribution in [1.82, 2.24) is 20.3 Å². The first-order valence-electron chi connectivity index (χ1n) is 7.16. The fourth-order valence-corrected chi connectivity index (χ4v) is 2.14. The minimum Gasteiger partial charge on any atom is -0.370 e. The Labute approximate surface area is 124 Å². The van der Waals surface area contributed by atoms with Gasteiger partial charge in [-0.2, -0.15) is 0 Å². The van der Waals surface area contributed by atoms with Crippen LogP contribution in [0.5, 0.6) is 0 Å². The van der Waals surface area contributed by atoms with Gasteiger partial charge in [0.05, 0.1) is 6.04 Å². The maximum Gasteiger partial charge on any atom is 0.252 e. The summed E-state index contributed by atoms with van der Waals surface area (Å²) in [5, 5.41) is 6.12. The highest BCUT2D eigenvalue weighted by Gasteiger charge is 2.16. The van der Waals surface area contributed by atoms with Crippen molar-refractivity contribution in [3.63, 3.8) is 0 Å². The number of aromatic nitrogens is 3. The molecule has 0 fully saturated rings. The number of H-pyrrole nitrogens is 1. The zero-order chi connectivity index (χ0) is 15.2. The maximum atomic E-state index is 12.4. The van der Waals surface area contributed by atoms with Gasteiger partial charge in [-0.15, -0.1) is 0 Å².